The van der Waals surface area contributed by atoms with E-state index in [2.05, 4.69) is 79.7 Å². The van der Waals surface area contributed by atoms with Crippen LogP contribution in [0.1, 0.15) is 58.4 Å². The van der Waals surface area contributed by atoms with Crippen molar-refractivity contribution in [1.29, 1.82) is 0 Å². The molecule has 0 atom stereocenters. The van der Waals surface area contributed by atoms with Gasteiger partial charge in [0, 0.05) is 11.1 Å². The van der Waals surface area contributed by atoms with Gasteiger partial charge in [-0.25, -0.2) is 0 Å². The summed E-state index contributed by atoms with van der Waals surface area (Å²) in [6.07, 6.45) is 0. The van der Waals surface area contributed by atoms with Crippen molar-refractivity contribution >= 4 is 16.9 Å². The Kier molecular flexibility index (Phi) is 4.52. The van der Waals surface area contributed by atoms with Crippen LogP contribution in [0.25, 0.3) is 11.1 Å². The van der Waals surface area contributed by atoms with Gasteiger partial charge in [-0.1, -0.05) is 24.3 Å². The lowest BCUT2D eigenvalue weighted by Crippen LogP contribution is -2.08. The molecule has 0 N–H and O–H groups in total. The second-order valence-corrected chi connectivity index (χ2v) is 7.73. The van der Waals surface area contributed by atoms with Gasteiger partial charge in [-0.15, -0.1) is 0 Å². The molecule has 1 aliphatic carbocycles. The highest BCUT2D eigenvalue weighted by Gasteiger charge is 2.33. The molecule has 1 aliphatic rings. The Labute approximate surface area is 157 Å². The molecule has 2 aromatic carbocycles. The van der Waals surface area contributed by atoms with Crippen LogP contribution in [0.4, 0.5) is 0 Å². The molecule has 0 spiro atoms. The molecule has 0 bridgehead atoms. The Bertz CT molecular complexity index is 931. The summed E-state index contributed by atoms with van der Waals surface area (Å²) < 4.78 is 0. The van der Waals surface area contributed by atoms with Gasteiger partial charge in [0.15, 0.2) is 5.78 Å². The monoisotopic (exact) mass is 344 g/mol. The van der Waals surface area contributed by atoms with Crippen molar-refractivity contribution in [3.8, 4) is 0 Å². The maximum absolute atomic E-state index is 13.6. The van der Waals surface area contributed by atoms with Crippen LogP contribution in [0.5, 0.6) is 0 Å². The van der Waals surface area contributed by atoms with Crippen LogP contribution in [-0.2, 0) is 4.79 Å². The smallest absolute Gasteiger partial charge is 0.194 e. The lowest BCUT2D eigenvalue weighted by Gasteiger charge is -2.16. The molecule has 0 saturated carbocycles. The number of Topliss-reactive ketones (excluding diaryl/α,β-unsaturated/α-hetero) is 1. The standard InChI is InChI=1S/C25H28O/c1-13-9-11-15(3)21(17(13)5)23-19(7)20(8)24(25(23)26)22-16(4)12-10-14(2)18(22)6/h9-12H,1-8H3. The predicted octanol–water partition coefficient (Wildman–Crippen LogP) is 6.37. The fourth-order valence-corrected chi connectivity index (χ4v) is 4.11. The Morgan fingerprint density at radius 2 is 0.808 bits per heavy atom. The zero-order valence-electron chi connectivity index (χ0n) is 17.2. The highest BCUT2D eigenvalue weighted by Crippen LogP contribution is 2.44. The fraction of sp³-hybridized carbons (Fsp3) is 0.320. The first-order chi connectivity index (χ1) is 12.2. The molecule has 0 aromatic heterocycles. The molecule has 0 fully saturated rings. The number of aryl methyl sites for hydroxylation is 4. The fourth-order valence-electron chi connectivity index (χ4n) is 4.11. The third-order valence-electron chi connectivity index (χ3n) is 6.15. The first-order valence-corrected chi connectivity index (χ1v) is 9.28. The first-order valence-electron chi connectivity index (χ1n) is 9.28. The molecule has 0 radical (unpaired) electrons. The van der Waals surface area contributed by atoms with Crippen LogP contribution >= 0.6 is 0 Å². The Morgan fingerprint density at radius 3 is 1.15 bits per heavy atom. The molecule has 0 heterocycles. The van der Waals surface area contributed by atoms with Crippen molar-refractivity contribution in [3.05, 3.63) is 79.9 Å². The number of rotatable bonds is 2. The van der Waals surface area contributed by atoms with Crippen LogP contribution in [0, 0.1) is 41.5 Å². The minimum Gasteiger partial charge on any atom is -0.289 e. The van der Waals surface area contributed by atoms with Crippen molar-refractivity contribution in [3.63, 3.8) is 0 Å². The maximum atomic E-state index is 13.6. The van der Waals surface area contributed by atoms with Crippen LogP contribution in [0.3, 0.4) is 0 Å². The van der Waals surface area contributed by atoms with E-state index >= 15 is 0 Å². The molecule has 1 heteroatoms. The summed E-state index contributed by atoms with van der Waals surface area (Å²) in [6.45, 7) is 16.9. The van der Waals surface area contributed by atoms with Crippen LogP contribution in [0.15, 0.2) is 35.4 Å². The predicted molar refractivity (Wildman–Crippen MR) is 112 cm³/mol. The van der Waals surface area contributed by atoms with E-state index in [4.69, 9.17) is 0 Å². The summed E-state index contributed by atoms with van der Waals surface area (Å²) in [5, 5.41) is 0. The number of hydrogen-bond acceptors (Lipinski definition) is 1. The number of hydrogen-bond donors (Lipinski definition) is 0. The third-order valence-corrected chi connectivity index (χ3v) is 6.15. The van der Waals surface area contributed by atoms with E-state index in [1.165, 1.54) is 33.4 Å². The van der Waals surface area contributed by atoms with Gasteiger partial charge in [0.1, 0.15) is 0 Å². The molecule has 1 nitrogen and oxygen atoms in total. The molecule has 134 valence electrons. The van der Waals surface area contributed by atoms with Gasteiger partial charge < -0.3 is 0 Å². The van der Waals surface area contributed by atoms with E-state index in [9.17, 15) is 4.79 Å². The highest BCUT2D eigenvalue weighted by molar-refractivity contribution is 6.47. The summed E-state index contributed by atoms with van der Waals surface area (Å²) in [5.74, 6) is 0.175. The summed E-state index contributed by atoms with van der Waals surface area (Å²) in [6, 6.07) is 8.53. The Morgan fingerprint density at radius 1 is 0.500 bits per heavy atom. The van der Waals surface area contributed by atoms with E-state index in [1.54, 1.807) is 0 Å². The van der Waals surface area contributed by atoms with Crippen molar-refractivity contribution in [2.45, 2.75) is 55.4 Å². The van der Waals surface area contributed by atoms with E-state index in [0.717, 1.165) is 33.4 Å². The SMILES string of the molecule is CC1=C(c2c(C)ccc(C)c2C)C(=O)C(c2c(C)ccc(C)c2C)=C1C. The summed E-state index contributed by atoms with van der Waals surface area (Å²) >= 11 is 0. The van der Waals surface area contributed by atoms with Gasteiger partial charge in [-0.3, -0.25) is 4.79 Å². The lowest BCUT2D eigenvalue weighted by atomic mass is 9.86. The molecule has 3 rings (SSSR count). The number of ketones is 1. The summed E-state index contributed by atoms with van der Waals surface area (Å²) in [4.78, 5) is 13.6. The average Bonchev–Trinajstić information content (AvgIpc) is 2.80. The van der Waals surface area contributed by atoms with Gasteiger partial charge in [0.25, 0.3) is 0 Å². The van der Waals surface area contributed by atoms with Crippen molar-refractivity contribution < 1.29 is 4.79 Å². The molecule has 0 amide bonds. The normalized spacial score (nSPS) is 14.7. The van der Waals surface area contributed by atoms with Crippen molar-refractivity contribution in [1.82, 2.24) is 0 Å². The second kappa shape index (κ2) is 6.39. The molecule has 0 saturated heterocycles. The zero-order valence-corrected chi connectivity index (χ0v) is 17.2. The number of benzene rings is 2. The maximum Gasteiger partial charge on any atom is 0.194 e. The lowest BCUT2D eigenvalue weighted by molar-refractivity contribution is -0.108. The summed E-state index contributed by atoms with van der Waals surface area (Å²) in [5.41, 5.74) is 13.4. The second-order valence-electron chi connectivity index (χ2n) is 7.73. The topological polar surface area (TPSA) is 17.1 Å². The molecule has 0 unspecified atom stereocenters. The number of carbonyl (C=O) groups excluding carboxylic acids is 1. The van der Waals surface area contributed by atoms with Gasteiger partial charge in [0.05, 0.1) is 0 Å². The Balaban J connectivity index is 2.26. The largest absolute Gasteiger partial charge is 0.289 e. The molecule has 0 aliphatic heterocycles. The minimum absolute atomic E-state index is 0.175. The van der Waals surface area contributed by atoms with Crippen molar-refractivity contribution in [2.24, 2.45) is 0 Å². The first kappa shape index (κ1) is 18.4. The molecular formula is C25H28O. The zero-order chi connectivity index (χ0) is 19.3. The van der Waals surface area contributed by atoms with Crippen LogP contribution < -0.4 is 0 Å². The Hall–Kier alpha value is -2.41. The van der Waals surface area contributed by atoms with Gasteiger partial charge >= 0.3 is 0 Å². The third kappa shape index (κ3) is 2.58. The van der Waals surface area contributed by atoms with E-state index in [1.807, 2.05) is 0 Å². The van der Waals surface area contributed by atoms with Gasteiger partial charge in [-0.05, 0) is 111 Å². The van der Waals surface area contributed by atoms with E-state index in [-0.39, 0.29) is 5.78 Å². The van der Waals surface area contributed by atoms with Gasteiger partial charge in [0.2, 0.25) is 0 Å². The molecule has 2 aromatic rings. The van der Waals surface area contributed by atoms with E-state index in [0.29, 0.717) is 0 Å². The van der Waals surface area contributed by atoms with Crippen molar-refractivity contribution in [2.75, 3.05) is 0 Å². The highest BCUT2D eigenvalue weighted by atomic mass is 16.1. The summed E-state index contributed by atoms with van der Waals surface area (Å²) in [7, 11) is 0. The van der Waals surface area contributed by atoms with Crippen LogP contribution in [-0.4, -0.2) is 5.78 Å². The average molecular weight is 344 g/mol. The number of allylic oxidation sites excluding steroid dienone is 4. The minimum atomic E-state index is 0.175. The quantitative estimate of drug-likeness (QED) is 0.619. The molecule has 26 heavy (non-hydrogen) atoms. The van der Waals surface area contributed by atoms with Gasteiger partial charge in [-0.2, -0.15) is 0 Å². The number of carbonyl (C=O) groups is 1. The van der Waals surface area contributed by atoms with E-state index < -0.39 is 0 Å². The molecular weight excluding hydrogens is 316 g/mol. The van der Waals surface area contributed by atoms with Crippen LogP contribution in [0.2, 0.25) is 0 Å².